The number of ether oxygens (including phenoxy) is 3. The minimum atomic E-state index is -5.62. The second-order valence-electron chi connectivity index (χ2n) is 15.3. The first-order chi connectivity index (χ1) is 30.1. The molecule has 0 radical (unpaired) electrons. The molecule has 30 nitrogen and oxygen atoms in total. The topological polar surface area (TPSA) is 461 Å². The number of fused-ring (bicyclic) bond motifs is 1. The fraction of sp³-hybridized carbons (Fsp3) is 0.742. The molecule has 4 heterocycles. The van der Waals surface area contributed by atoms with Crippen LogP contribution in [0.1, 0.15) is 27.2 Å². The van der Waals surface area contributed by atoms with E-state index in [9.17, 15) is 68.1 Å². The molecule has 65 heavy (non-hydrogen) atoms. The van der Waals surface area contributed by atoms with Crippen LogP contribution < -0.4 is 27.4 Å². The zero-order valence-electron chi connectivity index (χ0n) is 35.1. The number of rotatable bonds is 24. The minimum Gasteiger partial charge on any atom is -0.388 e. The highest BCUT2D eigenvalue weighted by Crippen LogP contribution is 2.61. The number of imidazole rings is 1. The Morgan fingerprint density at radius 3 is 2.32 bits per heavy atom. The van der Waals surface area contributed by atoms with E-state index in [2.05, 4.69) is 35.2 Å². The van der Waals surface area contributed by atoms with Crippen LogP contribution >= 0.6 is 35.2 Å². The van der Waals surface area contributed by atoms with E-state index in [1.807, 2.05) is 0 Å². The number of nitrogen functional groups attached to an aromatic ring is 1. The number of carbonyl (C=O) groups excluding carboxylic acids is 3. The largest absolute Gasteiger partial charge is 0.481 e. The van der Waals surface area contributed by atoms with Crippen molar-refractivity contribution in [3.63, 3.8) is 0 Å². The zero-order chi connectivity index (χ0) is 48.7. The molecule has 0 saturated carbocycles. The SMILES string of the molecule is COC1OC(CNC(=O)CSCCNC(=O)CCNC(=O)C(O)C(C)(C)COP(=O)(O)OP(=O)(O)OCC2OC(C)(n3cnc4c(N)ncnc43)C(O)C2OP(=O)(O)O)C(O)C(O)C1N. The van der Waals surface area contributed by atoms with Crippen molar-refractivity contribution in [2.75, 3.05) is 57.2 Å². The molecule has 0 spiro atoms. The molecule has 2 saturated heterocycles. The van der Waals surface area contributed by atoms with E-state index in [1.54, 1.807) is 0 Å². The van der Waals surface area contributed by atoms with E-state index in [0.29, 0.717) is 5.75 Å². The molecule has 4 rings (SSSR count). The monoisotopic (exact) mass is 1010 g/mol. The van der Waals surface area contributed by atoms with Crippen LogP contribution in [0.5, 0.6) is 0 Å². The van der Waals surface area contributed by atoms with Crippen molar-refractivity contribution in [1.29, 1.82) is 0 Å². The van der Waals surface area contributed by atoms with Crippen LogP contribution in [0.3, 0.4) is 0 Å². The number of aromatic nitrogens is 4. The molecule has 0 aliphatic carbocycles. The number of carbonyl (C=O) groups is 3. The van der Waals surface area contributed by atoms with Gasteiger partial charge in [-0.2, -0.15) is 16.1 Å². The summed E-state index contributed by atoms with van der Waals surface area (Å²) in [6.07, 6.45) is -10.3. The summed E-state index contributed by atoms with van der Waals surface area (Å²) in [5.41, 5.74) is 7.97. The van der Waals surface area contributed by atoms with E-state index < -0.39 is 121 Å². The third-order valence-electron chi connectivity index (χ3n) is 9.85. The Morgan fingerprint density at radius 2 is 1.66 bits per heavy atom. The molecule has 12 unspecified atom stereocenters. The number of thioether (sulfide) groups is 1. The van der Waals surface area contributed by atoms with Crippen LogP contribution in [0.2, 0.25) is 0 Å². The average Bonchev–Trinajstić information content (AvgIpc) is 3.76. The number of hydrogen-bond acceptors (Lipinski definition) is 23. The highest BCUT2D eigenvalue weighted by molar-refractivity contribution is 7.99. The second-order valence-corrected chi connectivity index (χ2v) is 20.7. The number of methoxy groups -OCH3 is 1. The molecular weight excluding hydrogens is 959 g/mol. The van der Waals surface area contributed by atoms with Crippen molar-refractivity contribution in [2.45, 2.75) is 88.0 Å². The summed E-state index contributed by atoms with van der Waals surface area (Å²) < 4.78 is 73.3. The van der Waals surface area contributed by atoms with Crippen LogP contribution in [0.4, 0.5) is 5.82 Å². The number of phosphoric ester groups is 3. The number of nitrogens with two attached hydrogens (primary N) is 2. The van der Waals surface area contributed by atoms with Gasteiger partial charge in [0.1, 0.15) is 54.6 Å². The lowest BCUT2D eigenvalue weighted by Gasteiger charge is -2.40. The Labute approximate surface area is 373 Å². The van der Waals surface area contributed by atoms with Gasteiger partial charge in [-0.1, -0.05) is 13.8 Å². The first-order valence-corrected chi connectivity index (χ1v) is 24.9. The molecule has 15 N–H and O–H groups in total. The van der Waals surface area contributed by atoms with Crippen LogP contribution in [-0.2, 0) is 65.9 Å². The average molecular weight is 1010 g/mol. The van der Waals surface area contributed by atoms with E-state index in [4.69, 9.17) is 39.2 Å². The predicted octanol–water partition coefficient (Wildman–Crippen LogP) is -4.15. The molecule has 2 aromatic rings. The van der Waals surface area contributed by atoms with Gasteiger partial charge >= 0.3 is 23.5 Å². The first kappa shape index (κ1) is 54.8. The van der Waals surface area contributed by atoms with E-state index in [-0.39, 0.29) is 48.8 Å². The summed E-state index contributed by atoms with van der Waals surface area (Å²) in [7, 11) is -15.2. The van der Waals surface area contributed by atoms with Crippen LogP contribution in [-0.4, -0.2) is 184 Å². The summed E-state index contributed by atoms with van der Waals surface area (Å²) >= 11 is 1.18. The normalized spacial score (nSPS) is 28.6. The smallest absolute Gasteiger partial charge is 0.388 e. The third-order valence-corrected chi connectivity index (χ3v) is 13.9. The number of amides is 3. The Kier molecular flexibility index (Phi) is 19.0. The summed E-state index contributed by atoms with van der Waals surface area (Å²) in [5.74, 6) is -1.66. The van der Waals surface area contributed by atoms with Gasteiger partial charge in [0.15, 0.2) is 23.5 Å². The summed E-state index contributed by atoms with van der Waals surface area (Å²) in [4.78, 5) is 88.6. The van der Waals surface area contributed by atoms with Crippen molar-refractivity contribution in [3.05, 3.63) is 12.7 Å². The molecule has 370 valence electrons. The molecular formula is C31H54N9O21P3S. The fourth-order valence-electron chi connectivity index (χ4n) is 6.28. The van der Waals surface area contributed by atoms with Crippen LogP contribution in [0.25, 0.3) is 11.2 Å². The molecule has 34 heteroatoms. The number of nitrogens with one attached hydrogen (secondary N) is 3. The van der Waals surface area contributed by atoms with Gasteiger partial charge < -0.3 is 81.6 Å². The maximum absolute atomic E-state index is 12.8. The Hall–Kier alpha value is -2.84. The van der Waals surface area contributed by atoms with Crippen molar-refractivity contribution in [1.82, 2.24) is 35.5 Å². The number of nitrogens with zero attached hydrogens (tertiary/aromatic N) is 4. The maximum atomic E-state index is 12.8. The van der Waals surface area contributed by atoms with Gasteiger partial charge in [-0.25, -0.2) is 28.6 Å². The standard InChI is InChI=1S/C31H54N9O21P3S/c1-30(2,25(46)28(47)35-6-5-17(41)34-7-8-65-11-18(42)36-9-15-21(43)22(44)19(32)29(55-4)58-15)12-57-64(53,54)61-63(51,52)56-10-16-23(60-62(48,49)50)24(45)31(3,59-16)40-14-39-20-26(33)37-13-38-27(20)40/h13-16,19,21-25,29,43-46H,5-12,32H2,1-4H3,(H,34,41)(H,35,47)(H,36,42)(H,51,52)(H,53,54)(H2,33,37,38)(H2,48,49,50). The van der Waals surface area contributed by atoms with Crippen LogP contribution in [0, 0.1) is 5.41 Å². The van der Waals surface area contributed by atoms with Gasteiger partial charge in [-0.15, -0.1) is 0 Å². The lowest BCUT2D eigenvalue weighted by molar-refractivity contribution is -0.249. The molecule has 3 amide bonds. The van der Waals surface area contributed by atoms with Crippen molar-refractivity contribution >= 4 is 69.9 Å². The fourth-order valence-corrected chi connectivity index (χ4v) is 9.78. The van der Waals surface area contributed by atoms with E-state index in [1.165, 1.54) is 39.6 Å². The van der Waals surface area contributed by atoms with Gasteiger partial charge in [0.25, 0.3) is 0 Å². The zero-order valence-corrected chi connectivity index (χ0v) is 38.6. The van der Waals surface area contributed by atoms with E-state index in [0.717, 1.165) is 17.2 Å². The van der Waals surface area contributed by atoms with Gasteiger partial charge in [0.05, 0.1) is 31.3 Å². The molecule has 2 aromatic heterocycles. The lowest BCUT2D eigenvalue weighted by Crippen LogP contribution is -2.63. The van der Waals surface area contributed by atoms with Gasteiger partial charge in [0.2, 0.25) is 17.7 Å². The Morgan fingerprint density at radius 1 is 0.985 bits per heavy atom. The van der Waals surface area contributed by atoms with Gasteiger partial charge in [0, 0.05) is 44.3 Å². The predicted molar refractivity (Wildman–Crippen MR) is 220 cm³/mol. The quantitative estimate of drug-likeness (QED) is 0.0351. The number of anilines is 1. The van der Waals surface area contributed by atoms with Crippen molar-refractivity contribution in [3.8, 4) is 0 Å². The second kappa shape index (κ2) is 22.5. The van der Waals surface area contributed by atoms with Crippen molar-refractivity contribution < 1.29 is 100 Å². The molecule has 2 aliphatic heterocycles. The summed E-state index contributed by atoms with van der Waals surface area (Å²) in [5, 5.41) is 49.5. The number of hydrogen-bond donors (Lipinski definition) is 13. The highest BCUT2D eigenvalue weighted by Gasteiger charge is 2.57. The molecule has 0 aromatic carbocycles. The van der Waals surface area contributed by atoms with Crippen LogP contribution in [0.15, 0.2) is 12.7 Å². The number of aliphatic hydroxyl groups excluding tert-OH is 4. The van der Waals surface area contributed by atoms with Crippen molar-refractivity contribution in [2.24, 2.45) is 11.1 Å². The molecule has 0 bridgehead atoms. The molecule has 12 atom stereocenters. The van der Waals surface area contributed by atoms with Gasteiger partial charge in [-0.3, -0.25) is 32.5 Å². The summed E-state index contributed by atoms with van der Waals surface area (Å²) in [6, 6.07) is -0.976. The number of phosphoric acid groups is 3. The lowest BCUT2D eigenvalue weighted by atomic mass is 9.87. The minimum absolute atomic E-state index is 0.00550. The third kappa shape index (κ3) is 14.8. The molecule has 2 fully saturated rings. The highest BCUT2D eigenvalue weighted by atomic mass is 32.2. The Bertz CT molecular complexity index is 2120. The summed E-state index contributed by atoms with van der Waals surface area (Å²) in [6.45, 7) is 1.38. The number of aliphatic hydroxyl groups is 4. The molecule has 2 aliphatic rings. The van der Waals surface area contributed by atoms with E-state index >= 15 is 0 Å². The first-order valence-electron chi connectivity index (χ1n) is 19.2. The van der Waals surface area contributed by atoms with Gasteiger partial charge in [-0.05, 0) is 6.92 Å². The maximum Gasteiger partial charge on any atom is 0.481 e. The Balaban J connectivity index is 1.17.